The fraction of sp³-hybridized carbons (Fsp3) is 0.562. The molecule has 128 valence electrons. The van der Waals surface area contributed by atoms with Crippen LogP contribution >= 0.6 is 0 Å². The molecule has 1 amide bonds. The third-order valence-corrected chi connectivity index (χ3v) is 4.08. The van der Waals surface area contributed by atoms with Gasteiger partial charge in [-0.3, -0.25) is 9.69 Å². The Balaban J connectivity index is 1.99. The van der Waals surface area contributed by atoms with Crippen molar-refractivity contribution in [2.24, 2.45) is 5.73 Å². The summed E-state index contributed by atoms with van der Waals surface area (Å²) in [4.78, 5) is 13.6. The number of piperidine rings is 1. The Bertz CT molecular complexity index is 530. The van der Waals surface area contributed by atoms with E-state index in [1.54, 1.807) is 0 Å². The highest BCUT2D eigenvalue weighted by atomic mass is 19.2. The Morgan fingerprint density at radius 2 is 1.96 bits per heavy atom. The van der Waals surface area contributed by atoms with E-state index < -0.39 is 17.5 Å². The summed E-state index contributed by atoms with van der Waals surface area (Å²) in [6.07, 6.45) is 3.20. The zero-order valence-electron chi connectivity index (χ0n) is 13.0. The van der Waals surface area contributed by atoms with E-state index in [1.807, 2.05) is 0 Å². The molecular weight excluding hydrogens is 307 g/mol. The van der Waals surface area contributed by atoms with Crippen molar-refractivity contribution in [3.63, 3.8) is 0 Å². The number of hydrogen-bond donors (Lipinski definition) is 2. The number of carbonyl (C=O) groups excluding carboxylic acids is 1. The monoisotopic (exact) mass is 329 g/mol. The highest BCUT2D eigenvalue weighted by Crippen LogP contribution is 2.21. The molecule has 2 rings (SSSR count). The van der Waals surface area contributed by atoms with Crippen molar-refractivity contribution >= 4 is 5.91 Å². The highest BCUT2D eigenvalue weighted by Gasteiger charge is 2.23. The number of rotatable bonds is 6. The Labute approximate surface area is 133 Å². The number of nitrogens with zero attached hydrogens (tertiary/aromatic N) is 1. The van der Waals surface area contributed by atoms with E-state index in [1.165, 1.54) is 0 Å². The van der Waals surface area contributed by atoms with Gasteiger partial charge >= 0.3 is 0 Å². The van der Waals surface area contributed by atoms with Crippen LogP contribution in [0, 0.1) is 17.5 Å². The van der Waals surface area contributed by atoms with E-state index in [0.29, 0.717) is 25.2 Å². The van der Waals surface area contributed by atoms with E-state index in [4.69, 9.17) is 5.73 Å². The van der Waals surface area contributed by atoms with Gasteiger partial charge in [-0.05, 0) is 37.1 Å². The molecule has 0 aromatic heterocycles. The van der Waals surface area contributed by atoms with Crippen LogP contribution in [0.5, 0.6) is 0 Å². The third-order valence-electron chi connectivity index (χ3n) is 4.08. The van der Waals surface area contributed by atoms with Crippen LogP contribution in [0.4, 0.5) is 13.2 Å². The summed E-state index contributed by atoms with van der Waals surface area (Å²) in [5.41, 5.74) is 5.73. The van der Waals surface area contributed by atoms with Crippen LogP contribution < -0.4 is 11.1 Å². The number of nitrogens with one attached hydrogen (secondary N) is 1. The lowest BCUT2D eigenvalue weighted by Gasteiger charge is -2.36. The van der Waals surface area contributed by atoms with Gasteiger partial charge < -0.3 is 11.1 Å². The second-order valence-corrected chi connectivity index (χ2v) is 5.84. The molecule has 1 atom stereocenters. The molecule has 1 unspecified atom stereocenters. The molecule has 7 heteroatoms. The zero-order valence-corrected chi connectivity index (χ0v) is 13.0. The molecule has 1 aromatic carbocycles. The van der Waals surface area contributed by atoms with Gasteiger partial charge in [-0.25, -0.2) is 13.2 Å². The second-order valence-electron chi connectivity index (χ2n) is 5.84. The summed E-state index contributed by atoms with van der Waals surface area (Å²) in [5.74, 6) is -3.90. The van der Waals surface area contributed by atoms with E-state index in [2.05, 4.69) is 10.2 Å². The minimum absolute atomic E-state index is 0.0987. The van der Waals surface area contributed by atoms with Gasteiger partial charge in [0.05, 0.1) is 0 Å². The first-order valence-corrected chi connectivity index (χ1v) is 7.85. The molecule has 0 saturated carbocycles. The van der Waals surface area contributed by atoms with Crippen molar-refractivity contribution in [3.8, 4) is 0 Å². The predicted molar refractivity (Wildman–Crippen MR) is 81.0 cm³/mol. The average Bonchev–Trinajstić information content (AvgIpc) is 2.52. The van der Waals surface area contributed by atoms with Crippen LogP contribution in [-0.2, 0) is 11.3 Å². The SMILES string of the molecule is NCCC(=O)NCC1CCCCN1Cc1cc(F)c(F)c(F)c1. The maximum Gasteiger partial charge on any atom is 0.221 e. The fourth-order valence-corrected chi connectivity index (χ4v) is 2.88. The lowest BCUT2D eigenvalue weighted by Crippen LogP contribution is -2.46. The van der Waals surface area contributed by atoms with E-state index >= 15 is 0 Å². The van der Waals surface area contributed by atoms with Crippen molar-refractivity contribution in [2.45, 2.75) is 38.3 Å². The molecule has 1 aliphatic heterocycles. The van der Waals surface area contributed by atoms with Gasteiger partial charge in [-0.2, -0.15) is 0 Å². The summed E-state index contributed by atoms with van der Waals surface area (Å²) in [5, 5.41) is 2.83. The molecule has 3 N–H and O–H groups in total. The maximum absolute atomic E-state index is 13.3. The summed E-state index contributed by atoms with van der Waals surface area (Å²) in [6.45, 7) is 1.88. The van der Waals surface area contributed by atoms with Crippen LogP contribution in [0.15, 0.2) is 12.1 Å². The van der Waals surface area contributed by atoms with Gasteiger partial charge in [0, 0.05) is 32.1 Å². The number of hydrogen-bond acceptors (Lipinski definition) is 3. The van der Waals surface area contributed by atoms with Crippen LogP contribution in [0.25, 0.3) is 0 Å². The fourth-order valence-electron chi connectivity index (χ4n) is 2.88. The first-order valence-electron chi connectivity index (χ1n) is 7.85. The molecule has 1 heterocycles. The standard InChI is InChI=1S/C16H22F3N3O/c17-13-7-11(8-14(18)16(13)19)10-22-6-2-1-3-12(22)9-21-15(23)4-5-20/h7-8,12H,1-6,9-10,20H2,(H,21,23). The van der Waals surface area contributed by atoms with Gasteiger partial charge in [0.1, 0.15) is 0 Å². The molecule has 1 saturated heterocycles. The highest BCUT2D eigenvalue weighted by molar-refractivity contribution is 5.76. The summed E-state index contributed by atoms with van der Waals surface area (Å²) in [7, 11) is 0. The molecule has 0 spiro atoms. The number of likely N-dealkylation sites (tertiary alicyclic amines) is 1. The lowest BCUT2D eigenvalue weighted by atomic mass is 10.0. The summed E-state index contributed by atoms with van der Waals surface area (Å²) in [6, 6.07) is 2.15. The molecule has 0 radical (unpaired) electrons. The maximum atomic E-state index is 13.3. The number of benzene rings is 1. The van der Waals surface area contributed by atoms with Gasteiger partial charge in [0.2, 0.25) is 5.91 Å². The quantitative estimate of drug-likeness (QED) is 0.784. The third kappa shape index (κ3) is 4.94. The van der Waals surface area contributed by atoms with Crippen LogP contribution in [0.1, 0.15) is 31.2 Å². The Morgan fingerprint density at radius 1 is 1.26 bits per heavy atom. The Morgan fingerprint density at radius 3 is 2.61 bits per heavy atom. The van der Waals surface area contributed by atoms with Crippen LogP contribution in [0.2, 0.25) is 0 Å². The van der Waals surface area contributed by atoms with Gasteiger partial charge in [0.15, 0.2) is 17.5 Å². The van der Waals surface area contributed by atoms with Crippen molar-refractivity contribution in [1.82, 2.24) is 10.2 Å². The van der Waals surface area contributed by atoms with E-state index in [-0.39, 0.29) is 18.4 Å². The van der Waals surface area contributed by atoms with Gasteiger partial charge in [0.25, 0.3) is 0 Å². The molecular formula is C16H22F3N3O. The minimum Gasteiger partial charge on any atom is -0.354 e. The smallest absolute Gasteiger partial charge is 0.221 e. The van der Waals surface area contributed by atoms with Crippen molar-refractivity contribution in [3.05, 3.63) is 35.1 Å². The van der Waals surface area contributed by atoms with Crippen LogP contribution in [0.3, 0.4) is 0 Å². The van der Waals surface area contributed by atoms with Crippen molar-refractivity contribution in [2.75, 3.05) is 19.6 Å². The number of nitrogens with two attached hydrogens (primary N) is 1. The first kappa shape index (κ1) is 17.7. The molecule has 1 aliphatic rings. The van der Waals surface area contributed by atoms with Crippen molar-refractivity contribution in [1.29, 1.82) is 0 Å². The Kier molecular flexibility index (Phi) is 6.41. The average molecular weight is 329 g/mol. The zero-order chi connectivity index (χ0) is 16.8. The lowest BCUT2D eigenvalue weighted by molar-refractivity contribution is -0.121. The van der Waals surface area contributed by atoms with Crippen LogP contribution in [-0.4, -0.2) is 36.5 Å². The molecule has 0 aliphatic carbocycles. The van der Waals surface area contributed by atoms with Crippen molar-refractivity contribution < 1.29 is 18.0 Å². The molecule has 23 heavy (non-hydrogen) atoms. The molecule has 0 bridgehead atoms. The van der Waals surface area contributed by atoms with Gasteiger partial charge in [-0.15, -0.1) is 0 Å². The Hall–Kier alpha value is -1.60. The topological polar surface area (TPSA) is 58.4 Å². The summed E-state index contributed by atoms with van der Waals surface area (Å²) < 4.78 is 39.7. The second kappa shape index (κ2) is 8.31. The van der Waals surface area contributed by atoms with E-state index in [9.17, 15) is 18.0 Å². The molecule has 1 aromatic rings. The first-order chi connectivity index (χ1) is 11.0. The normalized spacial score (nSPS) is 18.9. The summed E-state index contributed by atoms with van der Waals surface area (Å²) >= 11 is 0. The minimum atomic E-state index is -1.45. The molecule has 4 nitrogen and oxygen atoms in total. The predicted octanol–water partition coefficient (Wildman–Crippen LogP) is 1.92. The largest absolute Gasteiger partial charge is 0.354 e. The van der Waals surface area contributed by atoms with E-state index in [0.717, 1.165) is 37.9 Å². The number of amides is 1. The van der Waals surface area contributed by atoms with Gasteiger partial charge in [-0.1, -0.05) is 6.42 Å². The number of halogens is 3. The number of carbonyl (C=O) groups is 1. The molecule has 1 fully saturated rings.